The van der Waals surface area contributed by atoms with Crippen molar-refractivity contribution in [3.63, 3.8) is 0 Å². The Morgan fingerprint density at radius 1 is 0.966 bits per heavy atom. The molecule has 6 heteroatoms. The Balaban J connectivity index is 1.35. The smallest absolute Gasteiger partial charge is 0.254 e. The van der Waals surface area contributed by atoms with Gasteiger partial charge in [-0.25, -0.2) is 4.98 Å². The van der Waals surface area contributed by atoms with E-state index in [0.29, 0.717) is 0 Å². The largest absolute Gasteiger partial charge is 0.361 e. The van der Waals surface area contributed by atoms with E-state index in [9.17, 15) is 4.79 Å². The number of benzene rings is 1. The number of likely N-dealkylation sites (tertiary alicyclic amines) is 1. The highest BCUT2D eigenvalue weighted by molar-refractivity contribution is 6.07. The van der Waals surface area contributed by atoms with Crippen molar-refractivity contribution < 1.29 is 4.79 Å². The van der Waals surface area contributed by atoms with Crippen LogP contribution in [0.25, 0.3) is 10.9 Å². The lowest BCUT2D eigenvalue weighted by Gasteiger charge is -2.35. The van der Waals surface area contributed by atoms with Crippen molar-refractivity contribution in [2.75, 3.05) is 44.2 Å². The molecule has 29 heavy (non-hydrogen) atoms. The zero-order valence-corrected chi connectivity index (χ0v) is 16.7. The molecule has 0 saturated carbocycles. The molecule has 1 amide bonds. The molecule has 0 aliphatic carbocycles. The van der Waals surface area contributed by atoms with Gasteiger partial charge in [-0.3, -0.25) is 9.69 Å². The predicted octanol–water partition coefficient (Wildman–Crippen LogP) is 3.12. The average molecular weight is 390 g/mol. The van der Waals surface area contributed by atoms with Gasteiger partial charge in [0.2, 0.25) is 0 Å². The van der Waals surface area contributed by atoms with Gasteiger partial charge < -0.3 is 14.8 Å². The lowest BCUT2D eigenvalue weighted by molar-refractivity contribution is 0.0748. The number of nitrogens with zero attached hydrogens (tertiary/aromatic N) is 4. The molecule has 0 radical (unpaired) electrons. The third kappa shape index (κ3) is 3.60. The van der Waals surface area contributed by atoms with Crippen LogP contribution in [0.3, 0.4) is 0 Å². The van der Waals surface area contributed by atoms with Crippen LogP contribution in [0.4, 0.5) is 5.82 Å². The minimum atomic E-state index is 0.138. The highest BCUT2D eigenvalue weighted by Crippen LogP contribution is 2.27. The van der Waals surface area contributed by atoms with Crippen molar-refractivity contribution in [2.45, 2.75) is 19.4 Å². The zero-order valence-electron chi connectivity index (χ0n) is 16.7. The molecule has 2 aromatic heterocycles. The van der Waals surface area contributed by atoms with Gasteiger partial charge in [0.15, 0.2) is 0 Å². The fourth-order valence-electron chi connectivity index (χ4n) is 4.59. The number of anilines is 1. The Hall–Kier alpha value is -2.86. The molecule has 0 bridgehead atoms. The molecule has 1 N–H and O–H groups in total. The summed E-state index contributed by atoms with van der Waals surface area (Å²) in [5.41, 5.74) is 3.11. The first-order valence-electron chi connectivity index (χ1n) is 10.6. The molecule has 4 heterocycles. The average Bonchev–Trinajstić information content (AvgIpc) is 3.44. The number of amides is 1. The first-order chi connectivity index (χ1) is 14.3. The van der Waals surface area contributed by atoms with Crippen LogP contribution in [0, 0.1) is 0 Å². The summed E-state index contributed by atoms with van der Waals surface area (Å²) in [6.45, 7) is 6.28. The molecule has 2 saturated heterocycles. The highest BCUT2D eigenvalue weighted by atomic mass is 16.2. The molecule has 1 aromatic carbocycles. The summed E-state index contributed by atoms with van der Waals surface area (Å²) >= 11 is 0. The van der Waals surface area contributed by atoms with Crippen LogP contribution in [0.15, 0.2) is 48.8 Å². The lowest BCUT2D eigenvalue weighted by atomic mass is 10.0. The molecule has 0 spiro atoms. The van der Waals surface area contributed by atoms with E-state index in [1.54, 1.807) is 0 Å². The molecule has 0 atom stereocenters. The van der Waals surface area contributed by atoms with Gasteiger partial charge in [0.1, 0.15) is 5.82 Å². The second kappa shape index (κ2) is 7.87. The first kappa shape index (κ1) is 18.2. The van der Waals surface area contributed by atoms with E-state index >= 15 is 0 Å². The van der Waals surface area contributed by atoms with E-state index < -0.39 is 0 Å². The van der Waals surface area contributed by atoms with Crippen LogP contribution in [0.2, 0.25) is 0 Å². The number of aromatic nitrogens is 2. The van der Waals surface area contributed by atoms with Gasteiger partial charge in [-0.2, -0.15) is 0 Å². The van der Waals surface area contributed by atoms with Gasteiger partial charge in [0, 0.05) is 61.6 Å². The fourth-order valence-corrected chi connectivity index (χ4v) is 4.59. The van der Waals surface area contributed by atoms with E-state index in [0.717, 1.165) is 68.1 Å². The number of piperazine rings is 1. The Labute approximate surface area is 171 Å². The standard InChI is InChI=1S/C23H27N5O/c29-23(28-14-12-27(13-15-28)21-8-1-2-9-24-21)19-6-5-7-20-22(19)18(16-25-20)17-26-10-3-4-11-26/h1-2,5-9,16,25H,3-4,10-15,17H2. The zero-order chi connectivity index (χ0) is 19.6. The Morgan fingerprint density at radius 2 is 1.79 bits per heavy atom. The lowest BCUT2D eigenvalue weighted by Crippen LogP contribution is -2.49. The molecular formula is C23H27N5O. The molecule has 6 nitrogen and oxygen atoms in total. The Morgan fingerprint density at radius 3 is 2.55 bits per heavy atom. The third-order valence-corrected chi connectivity index (χ3v) is 6.15. The summed E-state index contributed by atoms with van der Waals surface area (Å²) in [6, 6.07) is 12.0. The monoisotopic (exact) mass is 389 g/mol. The number of carbonyl (C=O) groups is 1. The maximum Gasteiger partial charge on any atom is 0.254 e. The highest BCUT2D eigenvalue weighted by Gasteiger charge is 2.25. The fraction of sp³-hybridized carbons (Fsp3) is 0.391. The van der Waals surface area contributed by atoms with E-state index in [2.05, 4.69) is 32.0 Å². The Kier molecular flexibility index (Phi) is 4.94. The second-order valence-electron chi connectivity index (χ2n) is 7.99. The Bertz CT molecular complexity index is 985. The first-order valence-corrected chi connectivity index (χ1v) is 10.6. The van der Waals surface area contributed by atoms with E-state index in [1.807, 2.05) is 41.4 Å². The summed E-state index contributed by atoms with van der Waals surface area (Å²) in [4.78, 5) is 27.9. The molecule has 3 aromatic rings. The van der Waals surface area contributed by atoms with E-state index in [1.165, 1.54) is 18.4 Å². The van der Waals surface area contributed by atoms with Crippen LogP contribution in [-0.4, -0.2) is 64.9 Å². The number of hydrogen-bond acceptors (Lipinski definition) is 4. The number of pyridine rings is 1. The van der Waals surface area contributed by atoms with Crippen molar-refractivity contribution in [2.24, 2.45) is 0 Å². The topological polar surface area (TPSA) is 55.5 Å². The van der Waals surface area contributed by atoms with Gasteiger partial charge in [-0.05, 0) is 55.8 Å². The van der Waals surface area contributed by atoms with Crippen LogP contribution in [0.5, 0.6) is 0 Å². The van der Waals surface area contributed by atoms with Crippen molar-refractivity contribution in [1.82, 2.24) is 19.8 Å². The summed E-state index contributed by atoms with van der Waals surface area (Å²) in [5, 5.41) is 1.09. The number of carbonyl (C=O) groups excluding carboxylic acids is 1. The maximum absolute atomic E-state index is 13.4. The van der Waals surface area contributed by atoms with Gasteiger partial charge in [0.25, 0.3) is 5.91 Å². The van der Waals surface area contributed by atoms with Crippen LogP contribution < -0.4 is 4.90 Å². The molecule has 150 valence electrons. The number of hydrogen-bond donors (Lipinski definition) is 1. The summed E-state index contributed by atoms with van der Waals surface area (Å²) < 4.78 is 0. The molecule has 5 rings (SSSR count). The van der Waals surface area contributed by atoms with Gasteiger partial charge in [0.05, 0.1) is 0 Å². The number of rotatable bonds is 4. The van der Waals surface area contributed by atoms with E-state index in [-0.39, 0.29) is 5.91 Å². The third-order valence-electron chi connectivity index (χ3n) is 6.15. The van der Waals surface area contributed by atoms with Crippen LogP contribution >= 0.6 is 0 Å². The molecular weight excluding hydrogens is 362 g/mol. The molecule has 2 fully saturated rings. The molecule has 0 unspecified atom stereocenters. The minimum absolute atomic E-state index is 0.138. The number of fused-ring (bicyclic) bond motifs is 1. The van der Waals surface area contributed by atoms with Crippen molar-refractivity contribution >= 4 is 22.6 Å². The van der Waals surface area contributed by atoms with Gasteiger partial charge >= 0.3 is 0 Å². The van der Waals surface area contributed by atoms with Crippen molar-refractivity contribution in [1.29, 1.82) is 0 Å². The SMILES string of the molecule is O=C(c1cccc2[nH]cc(CN3CCCC3)c12)N1CCN(c2ccccn2)CC1. The van der Waals surface area contributed by atoms with Crippen LogP contribution in [-0.2, 0) is 6.54 Å². The molecule has 2 aliphatic heterocycles. The summed E-state index contributed by atoms with van der Waals surface area (Å²) in [5.74, 6) is 1.12. The normalized spacial score (nSPS) is 17.9. The van der Waals surface area contributed by atoms with Gasteiger partial charge in [-0.15, -0.1) is 0 Å². The molecule has 2 aliphatic rings. The maximum atomic E-state index is 13.4. The van der Waals surface area contributed by atoms with Crippen LogP contribution in [0.1, 0.15) is 28.8 Å². The summed E-state index contributed by atoms with van der Waals surface area (Å²) in [7, 11) is 0. The predicted molar refractivity (Wildman–Crippen MR) is 115 cm³/mol. The minimum Gasteiger partial charge on any atom is -0.361 e. The number of nitrogens with one attached hydrogen (secondary N) is 1. The van der Waals surface area contributed by atoms with Gasteiger partial charge in [-0.1, -0.05) is 12.1 Å². The quantitative estimate of drug-likeness (QED) is 0.745. The number of H-pyrrole nitrogens is 1. The summed E-state index contributed by atoms with van der Waals surface area (Å²) in [6.07, 6.45) is 6.45. The number of aromatic amines is 1. The van der Waals surface area contributed by atoms with Crippen molar-refractivity contribution in [3.05, 3.63) is 59.9 Å². The van der Waals surface area contributed by atoms with Crippen molar-refractivity contribution in [3.8, 4) is 0 Å². The van der Waals surface area contributed by atoms with E-state index in [4.69, 9.17) is 0 Å². The second-order valence-corrected chi connectivity index (χ2v) is 7.99.